The molecule has 1 aromatic heterocycles. The van der Waals surface area contributed by atoms with Crippen molar-refractivity contribution in [2.24, 2.45) is 0 Å². The van der Waals surface area contributed by atoms with Gasteiger partial charge in [-0.15, -0.1) is 11.3 Å². The molecule has 0 N–H and O–H groups in total. The molecule has 1 saturated heterocycles. The number of methoxy groups -OCH3 is 1. The fraction of sp³-hybridized carbons (Fsp3) is 0.250. The van der Waals surface area contributed by atoms with Gasteiger partial charge in [0.15, 0.2) is 0 Å². The van der Waals surface area contributed by atoms with Crippen molar-refractivity contribution in [1.82, 2.24) is 4.90 Å². The van der Waals surface area contributed by atoms with Gasteiger partial charge >= 0.3 is 5.97 Å². The van der Waals surface area contributed by atoms with Crippen molar-refractivity contribution in [2.45, 2.75) is 13.0 Å². The molecule has 2 heterocycles. The maximum absolute atomic E-state index is 12.1. The van der Waals surface area contributed by atoms with Crippen molar-refractivity contribution < 1.29 is 19.1 Å². The van der Waals surface area contributed by atoms with E-state index in [2.05, 4.69) is 4.74 Å². The lowest BCUT2D eigenvalue weighted by Gasteiger charge is -2.18. The predicted molar refractivity (Wildman–Crippen MR) is 73.6 cm³/mol. The zero-order valence-corrected chi connectivity index (χ0v) is 11.9. The number of rotatable bonds is 3. The number of thiophene rings is 1. The highest BCUT2D eigenvalue weighted by Crippen LogP contribution is 2.34. The van der Waals surface area contributed by atoms with Crippen LogP contribution in [0.5, 0.6) is 0 Å². The van der Waals surface area contributed by atoms with Crippen LogP contribution >= 0.6 is 23.1 Å². The first-order valence-corrected chi connectivity index (χ1v) is 7.12. The highest BCUT2D eigenvalue weighted by Gasteiger charge is 2.41. The molecule has 0 spiro atoms. The molecule has 1 aliphatic rings. The summed E-state index contributed by atoms with van der Waals surface area (Å²) in [6.07, 6.45) is 1.65. The number of carbonyl (C=O) groups excluding carboxylic acids is 3. The number of hydrogen-bond donors (Lipinski definition) is 0. The zero-order valence-electron chi connectivity index (χ0n) is 10.3. The zero-order chi connectivity index (χ0) is 14.0. The standard InChI is InChI=1S/C12H11NO4S2/c1-7(11(15)17-2)13-10(14)9(19-12(13)16)6-8-4-3-5-18-8/h3-7H,1-2H3/b9-6-/t7-/m1/s1. The molecule has 0 aromatic carbocycles. The summed E-state index contributed by atoms with van der Waals surface area (Å²) in [4.78, 5) is 37.5. The minimum atomic E-state index is -0.910. The summed E-state index contributed by atoms with van der Waals surface area (Å²) in [5.74, 6) is -1.07. The summed E-state index contributed by atoms with van der Waals surface area (Å²) in [6.45, 7) is 1.47. The van der Waals surface area contributed by atoms with Crippen LogP contribution in [-0.2, 0) is 14.3 Å². The number of esters is 1. The molecule has 0 radical (unpaired) electrons. The van der Waals surface area contributed by atoms with Crippen LogP contribution in [0.1, 0.15) is 11.8 Å². The summed E-state index contributed by atoms with van der Waals surface area (Å²) in [5.41, 5.74) is 0. The Kier molecular flexibility index (Phi) is 4.06. The molecule has 1 atom stereocenters. The monoisotopic (exact) mass is 297 g/mol. The molecule has 5 nitrogen and oxygen atoms in total. The van der Waals surface area contributed by atoms with Crippen molar-refractivity contribution >= 4 is 46.3 Å². The van der Waals surface area contributed by atoms with Crippen LogP contribution in [-0.4, -0.2) is 35.2 Å². The third-order valence-corrected chi connectivity index (χ3v) is 4.27. The summed E-state index contributed by atoms with van der Waals surface area (Å²) in [5, 5.41) is 1.43. The topological polar surface area (TPSA) is 63.7 Å². The normalized spacial score (nSPS) is 19.1. The molecular weight excluding hydrogens is 286 g/mol. The number of nitrogens with zero attached hydrogens (tertiary/aromatic N) is 1. The van der Waals surface area contributed by atoms with E-state index in [1.54, 1.807) is 6.08 Å². The van der Waals surface area contributed by atoms with E-state index in [0.717, 1.165) is 21.5 Å². The van der Waals surface area contributed by atoms with Crippen LogP contribution in [0.3, 0.4) is 0 Å². The minimum Gasteiger partial charge on any atom is -0.467 e. The lowest BCUT2D eigenvalue weighted by molar-refractivity contribution is -0.148. The fourth-order valence-corrected chi connectivity index (χ4v) is 3.22. The predicted octanol–water partition coefficient (Wildman–Crippen LogP) is 2.35. The average molecular weight is 297 g/mol. The molecule has 0 unspecified atom stereocenters. The molecule has 1 fully saturated rings. The first-order chi connectivity index (χ1) is 9.04. The van der Waals surface area contributed by atoms with Gasteiger partial charge in [-0.25, -0.2) is 4.79 Å². The molecule has 19 heavy (non-hydrogen) atoms. The van der Waals surface area contributed by atoms with Crippen molar-refractivity contribution in [3.05, 3.63) is 27.3 Å². The van der Waals surface area contributed by atoms with Crippen molar-refractivity contribution in [3.8, 4) is 0 Å². The average Bonchev–Trinajstić information content (AvgIpc) is 2.98. The van der Waals surface area contributed by atoms with Gasteiger partial charge in [0.2, 0.25) is 0 Å². The molecule has 0 saturated carbocycles. The number of amides is 2. The van der Waals surface area contributed by atoms with E-state index in [4.69, 9.17) is 0 Å². The maximum Gasteiger partial charge on any atom is 0.328 e. The van der Waals surface area contributed by atoms with E-state index in [-0.39, 0.29) is 0 Å². The van der Waals surface area contributed by atoms with Gasteiger partial charge in [-0.2, -0.15) is 0 Å². The van der Waals surface area contributed by atoms with Crippen LogP contribution in [0.15, 0.2) is 22.4 Å². The number of hydrogen-bond acceptors (Lipinski definition) is 6. The first kappa shape index (κ1) is 13.8. The Morgan fingerprint density at radius 1 is 1.47 bits per heavy atom. The van der Waals surface area contributed by atoms with Gasteiger partial charge in [-0.3, -0.25) is 14.5 Å². The second-order valence-corrected chi connectivity index (χ2v) is 5.74. The molecule has 7 heteroatoms. The van der Waals surface area contributed by atoms with Gasteiger partial charge in [0.25, 0.3) is 11.1 Å². The number of carbonyl (C=O) groups is 3. The summed E-state index contributed by atoms with van der Waals surface area (Å²) in [6, 6.07) is 2.80. The van der Waals surface area contributed by atoms with Gasteiger partial charge in [-0.05, 0) is 36.2 Å². The quantitative estimate of drug-likeness (QED) is 0.633. The van der Waals surface area contributed by atoms with E-state index in [1.807, 2.05) is 17.5 Å². The molecule has 1 aliphatic heterocycles. The van der Waals surface area contributed by atoms with E-state index in [0.29, 0.717) is 4.91 Å². The van der Waals surface area contributed by atoms with Gasteiger partial charge in [0, 0.05) is 4.88 Å². The summed E-state index contributed by atoms with van der Waals surface area (Å²) < 4.78 is 4.55. The number of imide groups is 1. The van der Waals surface area contributed by atoms with E-state index in [9.17, 15) is 14.4 Å². The Labute approximate surface area is 118 Å². The molecule has 1 aromatic rings. The second kappa shape index (κ2) is 5.58. The van der Waals surface area contributed by atoms with Gasteiger partial charge < -0.3 is 4.74 Å². The highest BCUT2D eigenvalue weighted by atomic mass is 32.2. The van der Waals surface area contributed by atoms with Crippen LogP contribution in [0, 0.1) is 0 Å². The molecule has 0 aliphatic carbocycles. The highest BCUT2D eigenvalue weighted by molar-refractivity contribution is 8.18. The Hall–Kier alpha value is -1.60. The Morgan fingerprint density at radius 3 is 2.79 bits per heavy atom. The van der Waals surface area contributed by atoms with Crippen LogP contribution < -0.4 is 0 Å². The van der Waals surface area contributed by atoms with Gasteiger partial charge in [0.1, 0.15) is 6.04 Å². The van der Waals surface area contributed by atoms with Crippen LogP contribution in [0.2, 0.25) is 0 Å². The minimum absolute atomic E-state index is 0.322. The van der Waals surface area contributed by atoms with Gasteiger partial charge in [0.05, 0.1) is 12.0 Å². The SMILES string of the molecule is COC(=O)[C@@H](C)N1C(=O)S/C(=C\c2cccs2)C1=O. The van der Waals surface area contributed by atoms with E-state index >= 15 is 0 Å². The third-order valence-electron chi connectivity index (χ3n) is 2.57. The van der Waals surface area contributed by atoms with Crippen LogP contribution in [0.4, 0.5) is 4.79 Å². The van der Waals surface area contributed by atoms with Crippen molar-refractivity contribution in [2.75, 3.05) is 7.11 Å². The van der Waals surface area contributed by atoms with Crippen molar-refractivity contribution in [3.63, 3.8) is 0 Å². The van der Waals surface area contributed by atoms with Crippen LogP contribution in [0.25, 0.3) is 6.08 Å². The number of thioether (sulfide) groups is 1. The molecule has 2 amide bonds. The molecule has 2 rings (SSSR count). The molecular formula is C12H11NO4S2. The first-order valence-electron chi connectivity index (χ1n) is 5.43. The summed E-state index contributed by atoms with van der Waals surface area (Å²) in [7, 11) is 1.22. The third kappa shape index (κ3) is 2.71. The summed E-state index contributed by atoms with van der Waals surface area (Å²) >= 11 is 2.30. The maximum atomic E-state index is 12.1. The van der Waals surface area contributed by atoms with E-state index in [1.165, 1.54) is 25.4 Å². The van der Waals surface area contributed by atoms with E-state index < -0.39 is 23.2 Å². The number of ether oxygens (including phenoxy) is 1. The Bertz CT molecular complexity index is 550. The largest absolute Gasteiger partial charge is 0.467 e. The van der Waals surface area contributed by atoms with Crippen molar-refractivity contribution in [1.29, 1.82) is 0 Å². The second-order valence-electron chi connectivity index (χ2n) is 3.77. The lowest BCUT2D eigenvalue weighted by Crippen LogP contribution is -2.42. The Morgan fingerprint density at radius 2 is 2.21 bits per heavy atom. The van der Waals surface area contributed by atoms with Gasteiger partial charge in [-0.1, -0.05) is 6.07 Å². The smallest absolute Gasteiger partial charge is 0.328 e. The fourth-order valence-electron chi connectivity index (χ4n) is 1.59. The molecule has 100 valence electrons. The Balaban J connectivity index is 2.24. The molecule has 0 bridgehead atoms. The lowest BCUT2D eigenvalue weighted by atomic mass is 10.3.